The van der Waals surface area contributed by atoms with E-state index < -0.39 is 0 Å². The van der Waals surface area contributed by atoms with Gasteiger partial charge in [-0.2, -0.15) is 11.3 Å². The summed E-state index contributed by atoms with van der Waals surface area (Å²) < 4.78 is 0. The van der Waals surface area contributed by atoms with Gasteiger partial charge in [0.25, 0.3) is 0 Å². The van der Waals surface area contributed by atoms with Crippen LogP contribution in [-0.4, -0.2) is 49.1 Å². The van der Waals surface area contributed by atoms with Crippen molar-refractivity contribution in [2.75, 3.05) is 26.2 Å². The van der Waals surface area contributed by atoms with Crippen LogP contribution in [0, 0.1) is 0 Å². The molecule has 0 saturated carbocycles. The quantitative estimate of drug-likeness (QED) is 0.567. The minimum Gasteiger partial charge on any atom is -0.357 e. The van der Waals surface area contributed by atoms with E-state index in [0.717, 1.165) is 31.9 Å². The molecule has 1 aliphatic rings. The second kappa shape index (κ2) is 8.76. The van der Waals surface area contributed by atoms with Crippen LogP contribution in [0.1, 0.15) is 38.2 Å². The van der Waals surface area contributed by atoms with Gasteiger partial charge in [0, 0.05) is 38.1 Å². The Kier molecular flexibility index (Phi) is 6.70. The number of urea groups is 1. The van der Waals surface area contributed by atoms with Gasteiger partial charge in [-0.1, -0.05) is 6.92 Å². The van der Waals surface area contributed by atoms with E-state index in [1.54, 1.807) is 16.2 Å². The van der Waals surface area contributed by atoms with E-state index in [1.165, 1.54) is 5.56 Å². The first-order valence-electron chi connectivity index (χ1n) is 8.21. The van der Waals surface area contributed by atoms with E-state index in [-0.39, 0.29) is 6.03 Å². The summed E-state index contributed by atoms with van der Waals surface area (Å²) in [5.41, 5.74) is 6.66. The zero-order valence-electron chi connectivity index (χ0n) is 13.9. The molecule has 7 heteroatoms. The molecule has 4 N–H and O–H groups in total. The molecule has 2 heterocycles. The van der Waals surface area contributed by atoms with Crippen LogP contribution >= 0.6 is 11.3 Å². The molecule has 128 valence electrons. The second-order valence-corrected chi connectivity index (χ2v) is 6.70. The molecule has 0 spiro atoms. The van der Waals surface area contributed by atoms with Gasteiger partial charge in [0.15, 0.2) is 5.96 Å². The Balaban J connectivity index is 1.86. The number of carbonyl (C=O) groups excluding carboxylic acids is 1. The Hall–Kier alpha value is -1.76. The van der Waals surface area contributed by atoms with Gasteiger partial charge in [-0.15, -0.1) is 0 Å². The van der Waals surface area contributed by atoms with E-state index >= 15 is 0 Å². The monoisotopic (exact) mass is 337 g/mol. The number of nitrogens with zero attached hydrogens (tertiary/aromatic N) is 2. The van der Waals surface area contributed by atoms with Gasteiger partial charge in [-0.25, -0.2) is 4.79 Å². The van der Waals surface area contributed by atoms with Crippen molar-refractivity contribution in [3.8, 4) is 0 Å². The first-order valence-corrected chi connectivity index (χ1v) is 9.15. The van der Waals surface area contributed by atoms with E-state index in [9.17, 15) is 4.79 Å². The molecule has 1 aliphatic heterocycles. The minimum atomic E-state index is -0.325. The first kappa shape index (κ1) is 17.6. The van der Waals surface area contributed by atoms with Crippen LogP contribution in [0.5, 0.6) is 0 Å². The molecule has 23 heavy (non-hydrogen) atoms. The summed E-state index contributed by atoms with van der Waals surface area (Å²) in [5, 5.41) is 11.1. The largest absolute Gasteiger partial charge is 0.357 e. The van der Waals surface area contributed by atoms with E-state index in [4.69, 9.17) is 10.7 Å². The van der Waals surface area contributed by atoms with Crippen LogP contribution in [0.25, 0.3) is 0 Å². The number of aliphatic imine (C=N–C) groups is 1. The lowest BCUT2D eigenvalue weighted by atomic mass is 10.1. The summed E-state index contributed by atoms with van der Waals surface area (Å²) in [6.45, 7) is 7.26. The molecule has 0 bridgehead atoms. The van der Waals surface area contributed by atoms with Crippen LogP contribution in [0.4, 0.5) is 4.79 Å². The highest BCUT2D eigenvalue weighted by atomic mass is 32.1. The maximum absolute atomic E-state index is 11.2. The normalized spacial score (nSPS) is 17.8. The number of thiophene rings is 1. The topological polar surface area (TPSA) is 82.8 Å². The molecule has 1 atom stereocenters. The number of nitrogens with two attached hydrogens (primary N) is 1. The molecular weight excluding hydrogens is 310 g/mol. The molecule has 1 unspecified atom stereocenters. The zero-order valence-corrected chi connectivity index (χ0v) is 14.7. The molecule has 2 rings (SSSR count). The van der Waals surface area contributed by atoms with Gasteiger partial charge >= 0.3 is 6.03 Å². The van der Waals surface area contributed by atoms with E-state index in [2.05, 4.69) is 41.3 Å². The van der Waals surface area contributed by atoms with Gasteiger partial charge in [0.05, 0.1) is 0 Å². The van der Waals surface area contributed by atoms with Gasteiger partial charge in [0.1, 0.15) is 0 Å². The molecule has 0 radical (unpaired) electrons. The van der Waals surface area contributed by atoms with Crippen LogP contribution in [-0.2, 0) is 0 Å². The number of rotatable bonds is 5. The Bertz CT molecular complexity index is 509. The number of nitrogens with one attached hydrogen (secondary N) is 2. The van der Waals surface area contributed by atoms with Crippen LogP contribution < -0.4 is 16.4 Å². The van der Waals surface area contributed by atoms with Crippen LogP contribution in [0.2, 0.25) is 0 Å². The Morgan fingerprint density at radius 1 is 1.52 bits per heavy atom. The highest BCUT2D eigenvalue weighted by molar-refractivity contribution is 7.07. The lowest BCUT2D eigenvalue weighted by Gasteiger charge is -2.32. The number of likely N-dealkylation sites (tertiary alicyclic amines) is 1. The fraction of sp³-hybridized carbons (Fsp3) is 0.625. The second-order valence-electron chi connectivity index (χ2n) is 5.92. The number of hydrogen-bond donors (Lipinski definition) is 3. The molecule has 1 aromatic heterocycles. The molecule has 1 aromatic rings. The predicted molar refractivity (Wildman–Crippen MR) is 96.0 cm³/mol. The molecular formula is C16H27N5OS. The van der Waals surface area contributed by atoms with Gasteiger partial charge < -0.3 is 21.3 Å². The maximum Gasteiger partial charge on any atom is 0.314 e. The van der Waals surface area contributed by atoms with Crippen molar-refractivity contribution in [2.45, 2.75) is 38.6 Å². The SMILES string of the molecule is CCNC(=NCC(C)c1ccsc1)NC1CCN(C(N)=O)CC1. The van der Waals surface area contributed by atoms with Gasteiger partial charge in [-0.3, -0.25) is 4.99 Å². The lowest BCUT2D eigenvalue weighted by molar-refractivity contribution is 0.188. The molecule has 0 aromatic carbocycles. The van der Waals surface area contributed by atoms with Crippen molar-refractivity contribution in [3.63, 3.8) is 0 Å². The third-order valence-corrected chi connectivity index (χ3v) is 4.83. The van der Waals surface area contributed by atoms with Crippen LogP contribution in [0.15, 0.2) is 21.8 Å². The lowest BCUT2D eigenvalue weighted by Crippen LogP contribution is -2.50. The van der Waals surface area contributed by atoms with Crippen molar-refractivity contribution in [1.82, 2.24) is 15.5 Å². The minimum absolute atomic E-state index is 0.325. The van der Waals surface area contributed by atoms with Crippen molar-refractivity contribution >= 4 is 23.3 Å². The van der Waals surface area contributed by atoms with E-state index in [1.807, 2.05) is 0 Å². The molecule has 0 aliphatic carbocycles. The van der Waals surface area contributed by atoms with Crippen molar-refractivity contribution in [3.05, 3.63) is 22.4 Å². The molecule has 6 nitrogen and oxygen atoms in total. The third-order valence-electron chi connectivity index (χ3n) is 4.13. The van der Waals surface area contributed by atoms with Gasteiger partial charge in [0.2, 0.25) is 0 Å². The predicted octanol–water partition coefficient (Wildman–Crippen LogP) is 1.95. The van der Waals surface area contributed by atoms with Crippen LogP contribution in [0.3, 0.4) is 0 Å². The van der Waals surface area contributed by atoms with E-state index in [0.29, 0.717) is 25.0 Å². The number of amides is 2. The highest BCUT2D eigenvalue weighted by Gasteiger charge is 2.21. The number of guanidine groups is 1. The number of carbonyl (C=O) groups is 1. The molecule has 2 amide bonds. The standard InChI is InChI=1S/C16H27N5OS/c1-3-18-16(19-10-12(2)13-6-9-23-11-13)20-14-4-7-21(8-5-14)15(17)22/h6,9,11-12,14H,3-5,7-8,10H2,1-2H3,(H2,17,22)(H2,18,19,20). The average Bonchev–Trinajstić information content (AvgIpc) is 3.07. The highest BCUT2D eigenvalue weighted by Crippen LogP contribution is 2.18. The number of piperidine rings is 1. The zero-order chi connectivity index (χ0) is 16.7. The summed E-state index contributed by atoms with van der Waals surface area (Å²) in [6.07, 6.45) is 1.79. The fourth-order valence-electron chi connectivity index (χ4n) is 2.65. The Morgan fingerprint density at radius 2 is 2.26 bits per heavy atom. The fourth-order valence-corrected chi connectivity index (χ4v) is 3.43. The molecule has 1 saturated heterocycles. The summed E-state index contributed by atoms with van der Waals surface area (Å²) in [4.78, 5) is 17.6. The maximum atomic E-state index is 11.2. The smallest absolute Gasteiger partial charge is 0.314 e. The van der Waals surface area contributed by atoms with Crippen molar-refractivity contribution < 1.29 is 4.79 Å². The van der Waals surface area contributed by atoms with Crippen molar-refractivity contribution in [1.29, 1.82) is 0 Å². The van der Waals surface area contributed by atoms with Gasteiger partial charge in [-0.05, 0) is 42.2 Å². The summed E-state index contributed by atoms with van der Waals surface area (Å²) in [5.74, 6) is 1.26. The summed E-state index contributed by atoms with van der Waals surface area (Å²) in [6, 6.07) is 2.17. The third kappa shape index (κ3) is 5.42. The average molecular weight is 337 g/mol. The Morgan fingerprint density at radius 3 is 2.83 bits per heavy atom. The number of primary amides is 1. The summed E-state index contributed by atoms with van der Waals surface area (Å²) in [7, 11) is 0. The first-order chi connectivity index (χ1) is 11.1. The Labute approximate surface area is 142 Å². The summed E-state index contributed by atoms with van der Waals surface area (Å²) >= 11 is 1.72. The van der Waals surface area contributed by atoms with Crippen molar-refractivity contribution in [2.24, 2.45) is 10.7 Å². The number of hydrogen-bond acceptors (Lipinski definition) is 3. The molecule has 1 fully saturated rings.